The van der Waals surface area contributed by atoms with Gasteiger partial charge in [0.1, 0.15) is 10.6 Å². The number of hydrogen-bond donors (Lipinski definition) is 1. The van der Waals surface area contributed by atoms with Gasteiger partial charge in [-0.25, -0.2) is 14.8 Å². The molecule has 0 aliphatic rings. The lowest BCUT2D eigenvalue weighted by Crippen LogP contribution is -2.09. The molecule has 7 nitrogen and oxygen atoms in total. The molecule has 0 saturated heterocycles. The van der Waals surface area contributed by atoms with Crippen molar-refractivity contribution in [3.8, 4) is 0 Å². The number of ether oxygens (including phenoxy) is 1. The molecule has 26 heavy (non-hydrogen) atoms. The SMILES string of the molecule is CCOC(=O)c1cnc2nc(C)ccc2c1Nc1nnc(CC(C)C)s1. The Morgan fingerprint density at radius 1 is 1.31 bits per heavy atom. The van der Waals surface area contributed by atoms with Crippen LogP contribution < -0.4 is 5.32 Å². The Kier molecular flexibility index (Phi) is 5.41. The zero-order valence-electron chi connectivity index (χ0n) is 15.2. The topological polar surface area (TPSA) is 89.9 Å². The van der Waals surface area contributed by atoms with E-state index < -0.39 is 5.97 Å². The first-order valence-corrected chi connectivity index (χ1v) is 9.32. The number of anilines is 2. The molecule has 0 fully saturated rings. The van der Waals surface area contributed by atoms with Gasteiger partial charge in [-0.2, -0.15) is 0 Å². The highest BCUT2D eigenvalue weighted by atomic mass is 32.1. The summed E-state index contributed by atoms with van der Waals surface area (Å²) in [4.78, 5) is 21.1. The first-order chi connectivity index (χ1) is 12.5. The summed E-state index contributed by atoms with van der Waals surface area (Å²) in [6.07, 6.45) is 2.35. The van der Waals surface area contributed by atoms with Crippen molar-refractivity contribution in [2.45, 2.75) is 34.1 Å². The van der Waals surface area contributed by atoms with Crippen molar-refractivity contribution in [2.75, 3.05) is 11.9 Å². The molecule has 0 saturated carbocycles. The number of nitrogens with zero attached hydrogens (tertiary/aromatic N) is 4. The van der Waals surface area contributed by atoms with E-state index in [0.717, 1.165) is 22.5 Å². The summed E-state index contributed by atoms with van der Waals surface area (Å²) in [5.74, 6) is 0.0664. The second-order valence-corrected chi connectivity index (χ2v) is 7.38. The predicted octanol–water partition coefficient (Wildman–Crippen LogP) is 3.91. The van der Waals surface area contributed by atoms with Crippen LogP contribution >= 0.6 is 11.3 Å². The Morgan fingerprint density at radius 3 is 2.85 bits per heavy atom. The number of carbonyl (C=O) groups is 1. The second kappa shape index (κ2) is 7.74. The van der Waals surface area contributed by atoms with Crippen LogP contribution in [-0.2, 0) is 11.2 Å². The third kappa shape index (κ3) is 3.96. The summed E-state index contributed by atoms with van der Waals surface area (Å²) in [6.45, 7) is 8.24. The molecule has 3 aromatic heterocycles. The van der Waals surface area contributed by atoms with Gasteiger partial charge in [0.2, 0.25) is 5.13 Å². The third-order valence-corrected chi connectivity index (χ3v) is 4.51. The fourth-order valence-electron chi connectivity index (χ4n) is 2.51. The van der Waals surface area contributed by atoms with Crippen molar-refractivity contribution in [3.63, 3.8) is 0 Å². The molecule has 0 radical (unpaired) electrons. The number of aromatic nitrogens is 4. The van der Waals surface area contributed by atoms with Crippen molar-refractivity contribution < 1.29 is 9.53 Å². The van der Waals surface area contributed by atoms with Crippen LogP contribution in [0.25, 0.3) is 11.0 Å². The zero-order valence-corrected chi connectivity index (χ0v) is 16.1. The first kappa shape index (κ1) is 18.2. The number of rotatable bonds is 6. The fourth-order valence-corrected chi connectivity index (χ4v) is 3.47. The summed E-state index contributed by atoms with van der Waals surface area (Å²) < 4.78 is 5.16. The highest BCUT2D eigenvalue weighted by Gasteiger charge is 2.19. The summed E-state index contributed by atoms with van der Waals surface area (Å²) in [5.41, 5.74) is 2.36. The van der Waals surface area contributed by atoms with E-state index in [4.69, 9.17) is 4.74 Å². The number of esters is 1. The molecule has 1 N–H and O–H groups in total. The highest BCUT2D eigenvalue weighted by Crippen LogP contribution is 2.30. The van der Waals surface area contributed by atoms with Gasteiger partial charge in [0.05, 0.1) is 12.3 Å². The quantitative estimate of drug-likeness (QED) is 0.657. The van der Waals surface area contributed by atoms with Crippen LogP contribution in [0.5, 0.6) is 0 Å². The monoisotopic (exact) mass is 371 g/mol. The van der Waals surface area contributed by atoms with Gasteiger partial charge in [-0.3, -0.25) is 0 Å². The maximum Gasteiger partial charge on any atom is 0.341 e. The molecule has 0 bridgehead atoms. The zero-order chi connectivity index (χ0) is 18.7. The Bertz CT molecular complexity index is 938. The molecule has 0 aliphatic carbocycles. The Morgan fingerprint density at radius 2 is 2.12 bits per heavy atom. The molecular formula is C18H21N5O2S. The van der Waals surface area contributed by atoms with Crippen LogP contribution in [-0.4, -0.2) is 32.7 Å². The molecule has 3 aromatic rings. The van der Waals surface area contributed by atoms with E-state index in [0.29, 0.717) is 34.6 Å². The molecule has 0 aromatic carbocycles. The van der Waals surface area contributed by atoms with E-state index in [-0.39, 0.29) is 0 Å². The van der Waals surface area contributed by atoms with Crippen LogP contribution in [0.1, 0.15) is 41.8 Å². The minimum atomic E-state index is -0.433. The second-order valence-electron chi connectivity index (χ2n) is 6.32. The minimum absolute atomic E-state index is 0.291. The molecule has 0 aliphatic heterocycles. The molecule has 3 heterocycles. The van der Waals surface area contributed by atoms with E-state index in [2.05, 4.69) is 39.3 Å². The van der Waals surface area contributed by atoms with Crippen molar-refractivity contribution in [1.82, 2.24) is 20.2 Å². The predicted molar refractivity (Wildman–Crippen MR) is 102 cm³/mol. The Labute approximate surface area is 155 Å². The number of fused-ring (bicyclic) bond motifs is 1. The van der Waals surface area contributed by atoms with Gasteiger partial charge in [-0.05, 0) is 31.9 Å². The molecular weight excluding hydrogens is 350 g/mol. The molecule has 0 amide bonds. The summed E-state index contributed by atoms with van der Waals surface area (Å²) in [6, 6.07) is 3.78. The van der Waals surface area contributed by atoms with Gasteiger partial charge in [0.25, 0.3) is 0 Å². The molecule has 8 heteroatoms. The summed E-state index contributed by atoms with van der Waals surface area (Å²) >= 11 is 1.48. The van der Waals surface area contributed by atoms with Gasteiger partial charge in [-0.15, -0.1) is 10.2 Å². The van der Waals surface area contributed by atoms with E-state index >= 15 is 0 Å². The van der Waals surface area contributed by atoms with Crippen LogP contribution in [0.15, 0.2) is 18.3 Å². The van der Waals surface area contributed by atoms with Crippen LogP contribution in [0.3, 0.4) is 0 Å². The highest BCUT2D eigenvalue weighted by molar-refractivity contribution is 7.15. The summed E-state index contributed by atoms with van der Waals surface area (Å²) in [5, 5.41) is 14.0. The lowest BCUT2D eigenvalue weighted by atomic mass is 10.1. The van der Waals surface area contributed by atoms with Crippen LogP contribution in [0.2, 0.25) is 0 Å². The van der Waals surface area contributed by atoms with Crippen molar-refractivity contribution >= 4 is 39.2 Å². The Hall–Kier alpha value is -2.61. The number of nitrogens with one attached hydrogen (secondary N) is 1. The maximum absolute atomic E-state index is 12.4. The van der Waals surface area contributed by atoms with Crippen molar-refractivity contribution in [3.05, 3.63) is 34.6 Å². The minimum Gasteiger partial charge on any atom is -0.462 e. The normalized spacial score (nSPS) is 11.1. The standard InChI is InChI=1S/C18H21N5O2S/c1-5-25-17(24)13-9-19-16-12(7-6-11(4)20-16)15(13)21-18-23-22-14(26-18)8-10(2)3/h6-7,9-10H,5,8H2,1-4H3,(H,19,20,21,23). The average Bonchev–Trinajstić information content (AvgIpc) is 3.01. The van der Waals surface area contributed by atoms with Gasteiger partial charge >= 0.3 is 5.97 Å². The Balaban J connectivity index is 2.04. The van der Waals surface area contributed by atoms with E-state index in [1.54, 1.807) is 6.92 Å². The van der Waals surface area contributed by atoms with Gasteiger partial charge < -0.3 is 10.1 Å². The number of aryl methyl sites for hydroxylation is 1. The number of hydrogen-bond acceptors (Lipinski definition) is 8. The average molecular weight is 371 g/mol. The number of carbonyl (C=O) groups excluding carboxylic acids is 1. The number of pyridine rings is 2. The van der Waals surface area contributed by atoms with Crippen molar-refractivity contribution in [1.29, 1.82) is 0 Å². The molecule has 136 valence electrons. The van der Waals surface area contributed by atoms with E-state index in [9.17, 15) is 4.79 Å². The largest absolute Gasteiger partial charge is 0.462 e. The van der Waals surface area contributed by atoms with E-state index in [1.807, 2.05) is 19.1 Å². The van der Waals surface area contributed by atoms with Crippen LogP contribution in [0.4, 0.5) is 10.8 Å². The van der Waals surface area contributed by atoms with Gasteiger partial charge in [0, 0.05) is 23.7 Å². The fraction of sp³-hybridized carbons (Fsp3) is 0.389. The van der Waals surface area contributed by atoms with Crippen LogP contribution in [0, 0.1) is 12.8 Å². The van der Waals surface area contributed by atoms with Gasteiger partial charge in [-0.1, -0.05) is 25.2 Å². The molecule has 0 atom stereocenters. The first-order valence-electron chi connectivity index (χ1n) is 8.50. The smallest absolute Gasteiger partial charge is 0.341 e. The van der Waals surface area contributed by atoms with E-state index in [1.165, 1.54) is 17.5 Å². The molecule has 0 unspecified atom stereocenters. The third-order valence-electron chi connectivity index (χ3n) is 3.65. The molecule has 3 rings (SSSR count). The summed E-state index contributed by atoms with van der Waals surface area (Å²) in [7, 11) is 0. The lowest BCUT2D eigenvalue weighted by molar-refractivity contribution is 0.0527. The molecule has 0 spiro atoms. The maximum atomic E-state index is 12.4. The van der Waals surface area contributed by atoms with Gasteiger partial charge in [0.15, 0.2) is 5.65 Å². The lowest BCUT2D eigenvalue weighted by Gasteiger charge is -2.12. The van der Waals surface area contributed by atoms with Crippen molar-refractivity contribution in [2.24, 2.45) is 5.92 Å².